The summed E-state index contributed by atoms with van der Waals surface area (Å²) in [5.74, 6) is 0.413. The van der Waals surface area contributed by atoms with Gasteiger partial charge in [0, 0.05) is 44.0 Å². The molecular weight excluding hydrogens is 250 g/mol. The molecule has 4 nitrogen and oxygen atoms in total. The van der Waals surface area contributed by atoms with Gasteiger partial charge in [-0.05, 0) is 30.9 Å². The van der Waals surface area contributed by atoms with Gasteiger partial charge in [0.2, 0.25) is 0 Å². The van der Waals surface area contributed by atoms with Crippen molar-refractivity contribution in [2.45, 2.75) is 43.7 Å². The number of rotatable bonds is 3. The van der Waals surface area contributed by atoms with Crippen LogP contribution in [0.25, 0.3) is 0 Å². The van der Waals surface area contributed by atoms with Gasteiger partial charge < -0.3 is 10.8 Å². The SMILES string of the molecule is NCC(c1cccnc1)N1CCC2(O)CCCCC2C1. The first-order chi connectivity index (χ1) is 9.73. The maximum atomic E-state index is 10.8. The van der Waals surface area contributed by atoms with E-state index in [0.717, 1.165) is 32.4 Å². The lowest BCUT2D eigenvalue weighted by Gasteiger charge is -2.49. The highest BCUT2D eigenvalue weighted by Crippen LogP contribution is 2.41. The number of hydrogen-bond acceptors (Lipinski definition) is 4. The number of nitrogens with two attached hydrogens (primary N) is 1. The smallest absolute Gasteiger partial charge is 0.0700 e. The molecule has 4 heteroatoms. The van der Waals surface area contributed by atoms with Crippen LogP contribution < -0.4 is 5.73 Å². The third kappa shape index (κ3) is 2.60. The standard InChI is InChI=1S/C16H25N3O/c17-10-15(13-4-3-8-18-11-13)19-9-7-16(20)6-2-1-5-14(16)12-19/h3-4,8,11,14-15,20H,1-2,5-7,9-10,12,17H2. The van der Waals surface area contributed by atoms with Crippen molar-refractivity contribution in [1.82, 2.24) is 9.88 Å². The minimum Gasteiger partial charge on any atom is -0.390 e. The minimum atomic E-state index is -0.414. The maximum absolute atomic E-state index is 10.8. The Hall–Kier alpha value is -0.970. The van der Waals surface area contributed by atoms with E-state index in [9.17, 15) is 5.11 Å². The number of aromatic nitrogens is 1. The zero-order valence-corrected chi connectivity index (χ0v) is 12.0. The van der Waals surface area contributed by atoms with Crippen LogP contribution in [-0.2, 0) is 0 Å². The molecule has 1 aliphatic carbocycles. The van der Waals surface area contributed by atoms with Crippen LogP contribution in [0.1, 0.15) is 43.7 Å². The fraction of sp³-hybridized carbons (Fsp3) is 0.688. The molecular formula is C16H25N3O. The molecule has 0 amide bonds. The van der Waals surface area contributed by atoms with E-state index in [4.69, 9.17) is 5.73 Å². The molecule has 110 valence electrons. The first-order valence-corrected chi connectivity index (χ1v) is 7.79. The first kappa shape index (κ1) is 14.0. The lowest BCUT2D eigenvalue weighted by Crippen LogP contribution is -2.54. The molecule has 2 heterocycles. The molecule has 1 saturated carbocycles. The third-order valence-corrected chi connectivity index (χ3v) is 5.19. The third-order valence-electron chi connectivity index (χ3n) is 5.19. The van der Waals surface area contributed by atoms with Crippen molar-refractivity contribution >= 4 is 0 Å². The summed E-state index contributed by atoms with van der Waals surface area (Å²) in [5, 5.41) is 10.8. The summed E-state index contributed by atoms with van der Waals surface area (Å²) in [4.78, 5) is 6.66. The summed E-state index contributed by atoms with van der Waals surface area (Å²) in [6.07, 6.45) is 9.15. The Labute approximate surface area is 121 Å². The molecule has 1 aliphatic heterocycles. The Morgan fingerprint density at radius 1 is 1.45 bits per heavy atom. The van der Waals surface area contributed by atoms with E-state index in [1.807, 2.05) is 12.3 Å². The largest absolute Gasteiger partial charge is 0.390 e. The fourth-order valence-corrected chi connectivity index (χ4v) is 3.95. The zero-order valence-electron chi connectivity index (χ0n) is 12.0. The number of nitrogens with zero attached hydrogens (tertiary/aromatic N) is 2. The second-order valence-electron chi connectivity index (χ2n) is 6.33. The predicted octanol–water partition coefficient (Wildman–Crippen LogP) is 1.71. The molecule has 0 bridgehead atoms. The number of pyridine rings is 1. The minimum absolute atomic E-state index is 0.232. The van der Waals surface area contributed by atoms with Gasteiger partial charge in [0.05, 0.1) is 5.60 Å². The van der Waals surface area contributed by atoms with E-state index in [0.29, 0.717) is 12.5 Å². The second-order valence-corrected chi connectivity index (χ2v) is 6.33. The van der Waals surface area contributed by atoms with Gasteiger partial charge in [-0.3, -0.25) is 9.88 Å². The van der Waals surface area contributed by atoms with Crippen molar-refractivity contribution in [2.75, 3.05) is 19.6 Å². The monoisotopic (exact) mass is 275 g/mol. The van der Waals surface area contributed by atoms with Gasteiger partial charge in [0.15, 0.2) is 0 Å². The van der Waals surface area contributed by atoms with Crippen LogP contribution in [0.4, 0.5) is 0 Å². The van der Waals surface area contributed by atoms with Gasteiger partial charge in [0.1, 0.15) is 0 Å². The molecule has 3 unspecified atom stereocenters. The Balaban J connectivity index is 1.74. The van der Waals surface area contributed by atoms with Crippen molar-refractivity contribution in [3.8, 4) is 0 Å². The Kier molecular flexibility index (Phi) is 4.06. The highest BCUT2D eigenvalue weighted by molar-refractivity contribution is 5.15. The van der Waals surface area contributed by atoms with Gasteiger partial charge >= 0.3 is 0 Å². The van der Waals surface area contributed by atoms with Gasteiger partial charge in [-0.1, -0.05) is 18.9 Å². The van der Waals surface area contributed by atoms with Gasteiger partial charge in [0.25, 0.3) is 0 Å². The van der Waals surface area contributed by atoms with Crippen molar-refractivity contribution in [3.63, 3.8) is 0 Å². The maximum Gasteiger partial charge on any atom is 0.0700 e. The molecule has 1 aromatic rings. The van der Waals surface area contributed by atoms with Crippen LogP contribution in [0.2, 0.25) is 0 Å². The van der Waals surface area contributed by atoms with Crippen LogP contribution >= 0.6 is 0 Å². The van der Waals surface area contributed by atoms with Gasteiger partial charge in [-0.25, -0.2) is 0 Å². The number of fused-ring (bicyclic) bond motifs is 1. The lowest BCUT2D eigenvalue weighted by atomic mass is 9.71. The van der Waals surface area contributed by atoms with Crippen molar-refractivity contribution < 1.29 is 5.11 Å². The summed E-state index contributed by atoms with van der Waals surface area (Å²) in [5.41, 5.74) is 6.78. The van der Waals surface area contributed by atoms with E-state index < -0.39 is 5.60 Å². The number of piperidine rings is 1. The van der Waals surface area contributed by atoms with Gasteiger partial charge in [-0.2, -0.15) is 0 Å². The summed E-state index contributed by atoms with van der Waals surface area (Å²) in [6.45, 7) is 2.51. The summed E-state index contributed by atoms with van der Waals surface area (Å²) < 4.78 is 0. The van der Waals surface area contributed by atoms with Crippen LogP contribution in [0.5, 0.6) is 0 Å². The number of hydrogen-bond donors (Lipinski definition) is 2. The average Bonchev–Trinajstić information content (AvgIpc) is 2.49. The Morgan fingerprint density at radius 2 is 2.35 bits per heavy atom. The van der Waals surface area contributed by atoms with Crippen molar-refractivity contribution in [3.05, 3.63) is 30.1 Å². The lowest BCUT2D eigenvalue weighted by molar-refractivity contribution is -0.102. The van der Waals surface area contributed by atoms with Crippen LogP contribution in [0.3, 0.4) is 0 Å². The summed E-state index contributed by atoms with van der Waals surface area (Å²) in [7, 11) is 0. The average molecular weight is 275 g/mol. The molecule has 3 N–H and O–H groups in total. The molecule has 3 rings (SSSR count). The zero-order chi connectivity index (χ0) is 14.0. The quantitative estimate of drug-likeness (QED) is 0.881. The van der Waals surface area contributed by atoms with E-state index in [1.165, 1.54) is 18.4 Å². The Morgan fingerprint density at radius 3 is 3.10 bits per heavy atom. The normalized spacial score (nSPS) is 32.6. The molecule has 0 aromatic carbocycles. The molecule has 2 aliphatic rings. The van der Waals surface area contributed by atoms with Crippen molar-refractivity contribution in [2.24, 2.45) is 11.7 Å². The topological polar surface area (TPSA) is 62.4 Å². The molecule has 2 fully saturated rings. The summed E-state index contributed by atoms with van der Waals surface area (Å²) >= 11 is 0. The second kappa shape index (κ2) is 5.80. The number of likely N-dealkylation sites (tertiary alicyclic amines) is 1. The van der Waals surface area contributed by atoms with Crippen LogP contribution in [0.15, 0.2) is 24.5 Å². The van der Waals surface area contributed by atoms with E-state index in [1.54, 1.807) is 6.20 Å². The molecule has 1 saturated heterocycles. The Bertz CT molecular complexity index is 439. The molecule has 0 spiro atoms. The van der Waals surface area contributed by atoms with E-state index in [2.05, 4.69) is 16.0 Å². The first-order valence-electron chi connectivity index (χ1n) is 7.79. The predicted molar refractivity (Wildman–Crippen MR) is 79.1 cm³/mol. The van der Waals surface area contributed by atoms with Crippen LogP contribution in [0, 0.1) is 5.92 Å². The number of aliphatic hydroxyl groups is 1. The molecule has 3 atom stereocenters. The van der Waals surface area contributed by atoms with Crippen molar-refractivity contribution in [1.29, 1.82) is 0 Å². The molecule has 0 radical (unpaired) electrons. The van der Waals surface area contributed by atoms with E-state index >= 15 is 0 Å². The van der Waals surface area contributed by atoms with E-state index in [-0.39, 0.29) is 6.04 Å². The highest BCUT2D eigenvalue weighted by atomic mass is 16.3. The molecule has 1 aromatic heterocycles. The summed E-state index contributed by atoms with van der Waals surface area (Å²) in [6, 6.07) is 4.31. The highest BCUT2D eigenvalue weighted by Gasteiger charge is 2.43. The fourth-order valence-electron chi connectivity index (χ4n) is 3.95. The molecule has 20 heavy (non-hydrogen) atoms. The van der Waals surface area contributed by atoms with Crippen LogP contribution in [-0.4, -0.2) is 40.2 Å². The van der Waals surface area contributed by atoms with Gasteiger partial charge in [-0.15, -0.1) is 0 Å².